The van der Waals surface area contributed by atoms with E-state index in [0.29, 0.717) is 19.3 Å². The molecule has 0 amide bonds. The largest absolute Gasteiger partial charge is 0.462 e. The molecule has 1 atom stereocenters. The summed E-state index contributed by atoms with van der Waals surface area (Å²) in [6.07, 6.45) is 62.7. The SMILES string of the molecule is CC/C=C\C/C=C\C/C=C\CCCCCCCC(=O)OC[C@@H](COC(=O)CCCCCCC/C=C\CCCCCC)OC(=O)CCCCCCC/C=C\C/C=C\C/C=C\CC. The third-order valence-electron chi connectivity index (χ3n) is 10.4. The van der Waals surface area contributed by atoms with Crippen LogP contribution >= 0.6 is 0 Å². The Bertz CT molecular complexity index is 1200. The predicted molar refractivity (Wildman–Crippen MR) is 261 cm³/mol. The number of ether oxygens (including phenoxy) is 3. The van der Waals surface area contributed by atoms with E-state index in [1.165, 1.54) is 44.9 Å². The molecule has 0 bridgehead atoms. The second-order valence-electron chi connectivity index (χ2n) is 16.3. The van der Waals surface area contributed by atoms with Crippen LogP contribution in [0.25, 0.3) is 0 Å². The lowest BCUT2D eigenvalue weighted by Crippen LogP contribution is -2.30. The van der Waals surface area contributed by atoms with E-state index in [1.807, 2.05) is 0 Å². The molecular formula is C55H92O6. The highest BCUT2D eigenvalue weighted by Gasteiger charge is 2.19. The summed E-state index contributed by atoms with van der Waals surface area (Å²) in [6, 6.07) is 0. The minimum absolute atomic E-state index is 0.0944. The third-order valence-corrected chi connectivity index (χ3v) is 10.4. The first-order chi connectivity index (χ1) is 30.0. The Balaban J connectivity index is 4.46. The van der Waals surface area contributed by atoms with Crippen molar-refractivity contribution in [3.63, 3.8) is 0 Å². The Labute approximate surface area is 375 Å². The average molecular weight is 849 g/mol. The predicted octanol–water partition coefficient (Wildman–Crippen LogP) is 16.4. The van der Waals surface area contributed by atoms with Gasteiger partial charge in [0.15, 0.2) is 6.10 Å². The van der Waals surface area contributed by atoms with E-state index in [-0.39, 0.29) is 31.1 Å². The van der Waals surface area contributed by atoms with Crippen LogP contribution in [0, 0.1) is 0 Å². The number of rotatable bonds is 44. The topological polar surface area (TPSA) is 78.9 Å². The van der Waals surface area contributed by atoms with Gasteiger partial charge < -0.3 is 14.2 Å². The van der Waals surface area contributed by atoms with Gasteiger partial charge >= 0.3 is 17.9 Å². The molecule has 348 valence electrons. The van der Waals surface area contributed by atoms with Gasteiger partial charge in [-0.3, -0.25) is 14.4 Å². The van der Waals surface area contributed by atoms with E-state index >= 15 is 0 Å². The average Bonchev–Trinajstić information content (AvgIpc) is 3.26. The van der Waals surface area contributed by atoms with E-state index in [4.69, 9.17) is 14.2 Å². The van der Waals surface area contributed by atoms with Crippen LogP contribution in [0.15, 0.2) is 85.1 Å². The summed E-state index contributed by atoms with van der Waals surface area (Å²) in [4.78, 5) is 37.9. The van der Waals surface area contributed by atoms with Crippen molar-refractivity contribution in [2.45, 2.75) is 232 Å². The summed E-state index contributed by atoms with van der Waals surface area (Å²) < 4.78 is 16.7. The van der Waals surface area contributed by atoms with Crippen LogP contribution < -0.4 is 0 Å². The third kappa shape index (κ3) is 47.5. The van der Waals surface area contributed by atoms with E-state index in [0.717, 1.165) is 141 Å². The van der Waals surface area contributed by atoms with Gasteiger partial charge in [-0.1, -0.05) is 183 Å². The molecule has 0 saturated heterocycles. The van der Waals surface area contributed by atoms with Gasteiger partial charge in [-0.25, -0.2) is 0 Å². The van der Waals surface area contributed by atoms with Crippen molar-refractivity contribution in [2.75, 3.05) is 13.2 Å². The fourth-order valence-electron chi connectivity index (χ4n) is 6.64. The van der Waals surface area contributed by atoms with Crippen molar-refractivity contribution in [1.82, 2.24) is 0 Å². The first-order valence-electron chi connectivity index (χ1n) is 25.1. The molecule has 61 heavy (non-hydrogen) atoms. The second kappa shape index (κ2) is 49.2. The maximum absolute atomic E-state index is 12.8. The zero-order valence-electron chi connectivity index (χ0n) is 39.7. The lowest BCUT2D eigenvalue weighted by Gasteiger charge is -2.18. The molecule has 0 aliphatic rings. The lowest BCUT2D eigenvalue weighted by molar-refractivity contribution is -0.167. The molecule has 0 unspecified atom stereocenters. The van der Waals surface area contributed by atoms with Gasteiger partial charge in [0.05, 0.1) is 0 Å². The molecule has 0 radical (unpaired) electrons. The molecule has 0 heterocycles. The van der Waals surface area contributed by atoms with Gasteiger partial charge in [0.1, 0.15) is 13.2 Å². The molecule has 0 aliphatic carbocycles. The van der Waals surface area contributed by atoms with Gasteiger partial charge in [0.25, 0.3) is 0 Å². The molecule has 0 aromatic rings. The standard InChI is InChI=1S/C55H92O6/c1-4-7-10-13-16-19-22-25-27-30-33-36-39-42-45-48-54(57)60-51-52(50-59-53(56)47-44-41-38-35-32-29-24-21-18-15-12-9-6-3)61-55(58)49-46-43-40-37-34-31-28-26-23-20-17-14-11-8-5-2/h7-8,10-11,16-17,19-21,24-28,52H,4-6,9,12-15,18,22-23,29-51H2,1-3H3/b10-7-,11-8-,19-16-,20-17-,24-21-,27-25-,28-26-/t52-/m1/s1. The second-order valence-corrected chi connectivity index (χ2v) is 16.3. The van der Waals surface area contributed by atoms with Crippen molar-refractivity contribution < 1.29 is 28.6 Å². The summed E-state index contributed by atoms with van der Waals surface area (Å²) in [5, 5.41) is 0. The van der Waals surface area contributed by atoms with Crippen LogP contribution in [0.5, 0.6) is 0 Å². The van der Waals surface area contributed by atoms with Crippen LogP contribution in [0.4, 0.5) is 0 Å². The van der Waals surface area contributed by atoms with Crippen LogP contribution in [0.1, 0.15) is 226 Å². The summed E-state index contributed by atoms with van der Waals surface area (Å²) in [7, 11) is 0. The van der Waals surface area contributed by atoms with Gasteiger partial charge in [-0.05, 0) is 109 Å². The normalized spacial score (nSPS) is 12.8. The highest BCUT2D eigenvalue weighted by Crippen LogP contribution is 2.13. The van der Waals surface area contributed by atoms with Crippen molar-refractivity contribution in [1.29, 1.82) is 0 Å². The maximum atomic E-state index is 12.8. The van der Waals surface area contributed by atoms with Crippen molar-refractivity contribution in [2.24, 2.45) is 0 Å². The summed E-state index contributed by atoms with van der Waals surface area (Å²) >= 11 is 0. The van der Waals surface area contributed by atoms with Crippen LogP contribution in [0.2, 0.25) is 0 Å². The Morgan fingerprint density at radius 3 is 1.02 bits per heavy atom. The van der Waals surface area contributed by atoms with Crippen molar-refractivity contribution in [3.05, 3.63) is 85.1 Å². The van der Waals surface area contributed by atoms with Crippen LogP contribution in [-0.2, 0) is 28.6 Å². The Kier molecular flexibility index (Phi) is 46.5. The molecule has 0 aliphatic heterocycles. The molecule has 0 rings (SSSR count). The highest BCUT2D eigenvalue weighted by atomic mass is 16.6. The molecule has 6 heteroatoms. The first kappa shape index (κ1) is 57.6. The summed E-state index contributed by atoms with van der Waals surface area (Å²) in [6.45, 7) is 6.35. The number of carbonyl (C=O) groups is 3. The zero-order valence-corrected chi connectivity index (χ0v) is 39.7. The Hall–Kier alpha value is -3.41. The molecule has 0 fully saturated rings. The van der Waals surface area contributed by atoms with Gasteiger partial charge in [0.2, 0.25) is 0 Å². The monoisotopic (exact) mass is 849 g/mol. The van der Waals surface area contributed by atoms with E-state index in [2.05, 4.69) is 106 Å². The minimum atomic E-state index is -0.795. The van der Waals surface area contributed by atoms with E-state index in [1.54, 1.807) is 0 Å². The summed E-state index contributed by atoms with van der Waals surface area (Å²) in [5.41, 5.74) is 0. The molecule has 6 nitrogen and oxygen atoms in total. The quantitative estimate of drug-likeness (QED) is 0.0263. The number of unbranched alkanes of at least 4 members (excludes halogenated alkanes) is 19. The van der Waals surface area contributed by atoms with Gasteiger partial charge in [-0.2, -0.15) is 0 Å². The molecular weight excluding hydrogens is 757 g/mol. The van der Waals surface area contributed by atoms with Crippen molar-refractivity contribution in [3.8, 4) is 0 Å². The van der Waals surface area contributed by atoms with E-state index in [9.17, 15) is 14.4 Å². The van der Waals surface area contributed by atoms with Crippen LogP contribution in [-0.4, -0.2) is 37.2 Å². The van der Waals surface area contributed by atoms with Gasteiger partial charge in [0, 0.05) is 19.3 Å². The smallest absolute Gasteiger partial charge is 0.306 e. The van der Waals surface area contributed by atoms with E-state index < -0.39 is 6.10 Å². The number of carbonyl (C=O) groups excluding carboxylic acids is 3. The molecule has 0 spiro atoms. The molecule has 0 N–H and O–H groups in total. The molecule has 0 aromatic heterocycles. The lowest BCUT2D eigenvalue weighted by atomic mass is 10.1. The van der Waals surface area contributed by atoms with Crippen molar-refractivity contribution >= 4 is 17.9 Å². The Morgan fingerprint density at radius 2 is 0.639 bits per heavy atom. The minimum Gasteiger partial charge on any atom is -0.462 e. The number of hydrogen-bond acceptors (Lipinski definition) is 6. The Morgan fingerprint density at radius 1 is 0.344 bits per heavy atom. The maximum Gasteiger partial charge on any atom is 0.306 e. The molecule has 0 aromatic carbocycles. The number of allylic oxidation sites excluding steroid dienone is 14. The fraction of sp³-hybridized carbons (Fsp3) is 0.691. The number of hydrogen-bond donors (Lipinski definition) is 0. The van der Waals surface area contributed by atoms with Crippen LogP contribution in [0.3, 0.4) is 0 Å². The summed E-state index contributed by atoms with van der Waals surface area (Å²) in [5.74, 6) is -0.940. The zero-order chi connectivity index (χ0) is 44.4. The number of esters is 3. The fourth-order valence-corrected chi connectivity index (χ4v) is 6.64. The molecule has 0 saturated carbocycles. The van der Waals surface area contributed by atoms with Gasteiger partial charge in [-0.15, -0.1) is 0 Å². The first-order valence-corrected chi connectivity index (χ1v) is 25.1. The highest BCUT2D eigenvalue weighted by molar-refractivity contribution is 5.71.